The Balaban J connectivity index is 1.86. The molecule has 0 bridgehead atoms. The standard InChI is InChI=1S/C18H15N3O6/c1-11(22)26-10-16(23)20-15-8-12(6-7-19-15)9-21-14-5-3-2-4-13(14)17(24)27-18(21)25/h2-8H,9-10H2,1H3,(H,19,20,23). The first-order chi connectivity index (χ1) is 12.9. The third-order valence-electron chi connectivity index (χ3n) is 3.65. The zero-order valence-corrected chi connectivity index (χ0v) is 14.3. The lowest BCUT2D eigenvalue weighted by molar-refractivity contribution is -0.144. The highest BCUT2D eigenvalue weighted by atomic mass is 16.5. The molecule has 1 amide bonds. The van der Waals surface area contributed by atoms with Crippen LogP contribution in [-0.4, -0.2) is 28.0 Å². The van der Waals surface area contributed by atoms with E-state index in [1.54, 1.807) is 36.4 Å². The average molecular weight is 369 g/mol. The predicted octanol–water partition coefficient (Wildman–Crippen LogP) is 0.900. The molecule has 2 aromatic heterocycles. The summed E-state index contributed by atoms with van der Waals surface area (Å²) in [7, 11) is 0. The number of rotatable bonds is 5. The fourth-order valence-electron chi connectivity index (χ4n) is 2.49. The second-order valence-electron chi connectivity index (χ2n) is 5.64. The molecule has 0 atom stereocenters. The van der Waals surface area contributed by atoms with Gasteiger partial charge in [-0.3, -0.25) is 14.2 Å². The van der Waals surface area contributed by atoms with Crippen molar-refractivity contribution in [2.45, 2.75) is 13.5 Å². The van der Waals surface area contributed by atoms with Crippen molar-refractivity contribution in [2.75, 3.05) is 11.9 Å². The molecule has 3 rings (SSSR count). The fraction of sp³-hybridized carbons (Fsp3) is 0.167. The Labute approximate surface area is 152 Å². The first-order valence-electron chi connectivity index (χ1n) is 7.95. The lowest BCUT2D eigenvalue weighted by atomic mass is 10.2. The molecule has 9 heteroatoms. The number of nitrogens with zero attached hydrogens (tertiary/aromatic N) is 2. The van der Waals surface area contributed by atoms with E-state index in [1.165, 1.54) is 17.7 Å². The van der Waals surface area contributed by atoms with E-state index in [0.29, 0.717) is 16.5 Å². The van der Waals surface area contributed by atoms with Crippen molar-refractivity contribution in [3.8, 4) is 0 Å². The quantitative estimate of drug-likeness (QED) is 0.663. The van der Waals surface area contributed by atoms with Crippen molar-refractivity contribution in [1.82, 2.24) is 9.55 Å². The smallest absolute Gasteiger partial charge is 0.422 e. The minimum absolute atomic E-state index is 0.110. The van der Waals surface area contributed by atoms with Crippen LogP contribution in [0.2, 0.25) is 0 Å². The van der Waals surface area contributed by atoms with E-state index in [-0.39, 0.29) is 12.4 Å². The molecule has 27 heavy (non-hydrogen) atoms. The first-order valence-corrected chi connectivity index (χ1v) is 7.95. The number of carbonyl (C=O) groups is 2. The SMILES string of the molecule is CC(=O)OCC(=O)Nc1cc(Cn2c(=O)oc(=O)c3ccccc32)ccn1. The van der Waals surface area contributed by atoms with Gasteiger partial charge in [0.2, 0.25) is 0 Å². The van der Waals surface area contributed by atoms with E-state index in [0.717, 1.165) is 0 Å². The normalized spacial score (nSPS) is 10.6. The van der Waals surface area contributed by atoms with E-state index in [2.05, 4.69) is 15.0 Å². The minimum atomic E-state index is -0.782. The highest BCUT2D eigenvalue weighted by molar-refractivity contribution is 5.91. The van der Waals surface area contributed by atoms with Crippen molar-refractivity contribution < 1.29 is 18.7 Å². The third kappa shape index (κ3) is 4.27. The second-order valence-corrected chi connectivity index (χ2v) is 5.64. The molecule has 1 N–H and O–H groups in total. The second kappa shape index (κ2) is 7.65. The van der Waals surface area contributed by atoms with Gasteiger partial charge >= 0.3 is 17.4 Å². The number of benzene rings is 1. The Morgan fingerprint density at radius 3 is 2.78 bits per heavy atom. The molecular formula is C18H15N3O6. The zero-order valence-electron chi connectivity index (χ0n) is 14.3. The first kappa shape index (κ1) is 18.1. The summed E-state index contributed by atoms with van der Waals surface area (Å²) >= 11 is 0. The van der Waals surface area contributed by atoms with Gasteiger partial charge in [0.25, 0.3) is 5.91 Å². The number of nitrogens with one attached hydrogen (secondary N) is 1. The summed E-state index contributed by atoms with van der Waals surface area (Å²) in [6.07, 6.45) is 1.46. The van der Waals surface area contributed by atoms with Gasteiger partial charge in [0.05, 0.1) is 17.4 Å². The van der Waals surface area contributed by atoms with Crippen LogP contribution in [0, 0.1) is 0 Å². The van der Waals surface area contributed by atoms with Crippen LogP contribution in [-0.2, 0) is 20.9 Å². The number of ether oxygens (including phenoxy) is 1. The van der Waals surface area contributed by atoms with Crippen molar-refractivity contribution >= 4 is 28.6 Å². The van der Waals surface area contributed by atoms with Crippen LogP contribution in [0.15, 0.2) is 56.6 Å². The Hall–Kier alpha value is -3.75. The molecule has 138 valence electrons. The summed E-state index contributed by atoms with van der Waals surface area (Å²) in [4.78, 5) is 50.4. The monoisotopic (exact) mass is 369 g/mol. The van der Waals surface area contributed by atoms with Gasteiger partial charge in [-0.1, -0.05) is 12.1 Å². The van der Waals surface area contributed by atoms with E-state index in [1.807, 2.05) is 0 Å². The minimum Gasteiger partial charge on any atom is -0.456 e. The number of fused-ring (bicyclic) bond motifs is 1. The van der Waals surface area contributed by atoms with Gasteiger partial charge in [-0.2, -0.15) is 0 Å². The number of esters is 1. The van der Waals surface area contributed by atoms with Crippen molar-refractivity contribution in [3.63, 3.8) is 0 Å². The molecule has 0 unspecified atom stereocenters. The molecule has 0 aliphatic carbocycles. The number of amides is 1. The Morgan fingerprint density at radius 2 is 2.00 bits per heavy atom. The molecule has 0 aliphatic rings. The van der Waals surface area contributed by atoms with Gasteiger partial charge < -0.3 is 14.5 Å². The molecule has 2 heterocycles. The van der Waals surface area contributed by atoms with Crippen molar-refractivity contribution in [1.29, 1.82) is 0 Å². The Kier molecular flexibility index (Phi) is 5.11. The van der Waals surface area contributed by atoms with Crippen LogP contribution in [0.4, 0.5) is 5.82 Å². The molecule has 0 saturated carbocycles. The van der Waals surface area contributed by atoms with Crippen molar-refractivity contribution in [3.05, 3.63) is 69.1 Å². The number of pyridine rings is 1. The number of aromatic nitrogens is 2. The van der Waals surface area contributed by atoms with E-state index in [4.69, 9.17) is 4.42 Å². The summed E-state index contributed by atoms with van der Waals surface area (Å²) in [6.45, 7) is 0.889. The van der Waals surface area contributed by atoms with Crippen LogP contribution in [0.3, 0.4) is 0 Å². The van der Waals surface area contributed by atoms with Gasteiger partial charge in [0.1, 0.15) is 5.82 Å². The van der Waals surface area contributed by atoms with E-state index < -0.39 is 29.9 Å². The summed E-state index contributed by atoms with van der Waals surface area (Å²) < 4.78 is 10.7. The number of hydrogen-bond acceptors (Lipinski definition) is 7. The zero-order chi connectivity index (χ0) is 19.4. The molecule has 0 fully saturated rings. The number of carbonyl (C=O) groups excluding carboxylic acids is 2. The molecule has 0 aliphatic heterocycles. The molecule has 0 spiro atoms. The van der Waals surface area contributed by atoms with E-state index >= 15 is 0 Å². The molecule has 0 saturated heterocycles. The number of para-hydroxylation sites is 1. The molecular weight excluding hydrogens is 354 g/mol. The predicted molar refractivity (Wildman–Crippen MR) is 95.3 cm³/mol. The van der Waals surface area contributed by atoms with Gasteiger partial charge in [-0.25, -0.2) is 14.6 Å². The summed E-state index contributed by atoms with van der Waals surface area (Å²) in [5.74, 6) is -1.65. The summed E-state index contributed by atoms with van der Waals surface area (Å²) in [5.41, 5.74) is 0.393. The third-order valence-corrected chi connectivity index (χ3v) is 3.65. The molecule has 0 radical (unpaired) electrons. The molecule has 3 aromatic rings. The van der Waals surface area contributed by atoms with Gasteiger partial charge in [0, 0.05) is 13.1 Å². The topological polar surface area (TPSA) is 121 Å². The fourth-order valence-corrected chi connectivity index (χ4v) is 2.49. The van der Waals surface area contributed by atoms with Gasteiger partial charge in [-0.15, -0.1) is 0 Å². The average Bonchev–Trinajstić information content (AvgIpc) is 2.64. The van der Waals surface area contributed by atoms with Crippen molar-refractivity contribution in [2.24, 2.45) is 0 Å². The molecule has 1 aromatic carbocycles. The van der Waals surface area contributed by atoms with Crippen LogP contribution in [0.5, 0.6) is 0 Å². The lowest BCUT2D eigenvalue weighted by Gasteiger charge is -2.10. The maximum atomic E-state index is 12.1. The van der Waals surface area contributed by atoms with Crippen LogP contribution in [0.1, 0.15) is 12.5 Å². The summed E-state index contributed by atoms with van der Waals surface area (Å²) in [6, 6.07) is 9.84. The highest BCUT2D eigenvalue weighted by Gasteiger charge is 2.11. The summed E-state index contributed by atoms with van der Waals surface area (Å²) in [5, 5.41) is 2.79. The van der Waals surface area contributed by atoms with Crippen LogP contribution < -0.4 is 16.7 Å². The Bertz CT molecular complexity index is 1130. The Morgan fingerprint density at radius 1 is 1.22 bits per heavy atom. The highest BCUT2D eigenvalue weighted by Crippen LogP contribution is 2.12. The number of anilines is 1. The number of hydrogen-bond donors (Lipinski definition) is 1. The lowest BCUT2D eigenvalue weighted by Crippen LogP contribution is -2.25. The van der Waals surface area contributed by atoms with Gasteiger partial charge in [0.15, 0.2) is 6.61 Å². The molecule has 9 nitrogen and oxygen atoms in total. The largest absolute Gasteiger partial charge is 0.456 e. The maximum absolute atomic E-state index is 12.1. The maximum Gasteiger partial charge on any atom is 0.422 e. The van der Waals surface area contributed by atoms with Crippen LogP contribution in [0.25, 0.3) is 10.9 Å². The van der Waals surface area contributed by atoms with Crippen LogP contribution >= 0.6 is 0 Å². The van der Waals surface area contributed by atoms with Gasteiger partial charge in [-0.05, 0) is 29.8 Å². The van der Waals surface area contributed by atoms with E-state index in [9.17, 15) is 19.2 Å².